The fourth-order valence-corrected chi connectivity index (χ4v) is 2.31. The van der Waals surface area contributed by atoms with Crippen LogP contribution in [0.2, 0.25) is 0 Å². The summed E-state index contributed by atoms with van der Waals surface area (Å²) in [5.41, 5.74) is 7.13. The van der Waals surface area contributed by atoms with Crippen LogP contribution in [0.4, 0.5) is 14.5 Å². The summed E-state index contributed by atoms with van der Waals surface area (Å²) in [6, 6.07) is 4.15. The van der Waals surface area contributed by atoms with Crippen molar-refractivity contribution in [3.63, 3.8) is 0 Å². The van der Waals surface area contributed by atoms with Gasteiger partial charge in [-0.1, -0.05) is 0 Å². The van der Waals surface area contributed by atoms with Gasteiger partial charge in [0.1, 0.15) is 0 Å². The van der Waals surface area contributed by atoms with Gasteiger partial charge >= 0.3 is 0 Å². The molecule has 9 heteroatoms. The van der Waals surface area contributed by atoms with Crippen LogP contribution in [0.1, 0.15) is 18.7 Å². The number of hydrogen-bond acceptors (Lipinski definition) is 4. The second-order valence-corrected chi connectivity index (χ2v) is 5.52. The van der Waals surface area contributed by atoms with Gasteiger partial charge in [0, 0.05) is 5.69 Å². The van der Waals surface area contributed by atoms with E-state index in [0.717, 1.165) is 5.75 Å². The number of H-pyrrole nitrogens is 1. The van der Waals surface area contributed by atoms with Gasteiger partial charge in [0.2, 0.25) is 5.91 Å². The van der Waals surface area contributed by atoms with Crippen LogP contribution in [0.15, 0.2) is 18.2 Å². The molecular weight excluding hydrogens is 334 g/mol. The Bertz CT molecular complexity index is 638. The number of alkyl halides is 2. The number of hydrogen-bond donors (Lipinski definition) is 3. The van der Waals surface area contributed by atoms with Gasteiger partial charge in [-0.3, -0.25) is 4.79 Å². The number of rotatable bonds is 6. The summed E-state index contributed by atoms with van der Waals surface area (Å²) < 4.78 is 25.1. The number of thioether (sulfide) groups is 1. The predicted molar refractivity (Wildman–Crippen MR) is 87.9 cm³/mol. The standard InChI is InChI=1S/C13H16F2N4OS.ClH/c1-21-5-4-8(16)13(20)17-7-2-3-9-10(6-7)19-12(18-9)11(14)15;/h2-3,6,8,11H,4-5,16H2,1H3,(H,17,20)(H,18,19);1H. The highest BCUT2D eigenvalue weighted by molar-refractivity contribution is 7.98. The van der Waals surface area contributed by atoms with Crippen LogP contribution in [-0.4, -0.2) is 33.9 Å². The molecule has 0 aliphatic carbocycles. The summed E-state index contributed by atoms with van der Waals surface area (Å²) >= 11 is 1.62. The number of carbonyl (C=O) groups is 1. The third-order valence-electron chi connectivity index (χ3n) is 2.94. The topological polar surface area (TPSA) is 83.8 Å². The lowest BCUT2D eigenvalue weighted by molar-refractivity contribution is -0.117. The Balaban J connectivity index is 0.00000242. The Morgan fingerprint density at radius 1 is 1.50 bits per heavy atom. The van der Waals surface area contributed by atoms with Crippen LogP contribution < -0.4 is 11.1 Å². The number of nitrogens with zero attached hydrogens (tertiary/aromatic N) is 1. The van der Waals surface area contributed by atoms with E-state index in [9.17, 15) is 13.6 Å². The summed E-state index contributed by atoms with van der Waals surface area (Å²) in [6.45, 7) is 0. The highest BCUT2D eigenvalue weighted by Gasteiger charge is 2.15. The minimum Gasteiger partial charge on any atom is -0.337 e. The van der Waals surface area contributed by atoms with Crippen molar-refractivity contribution < 1.29 is 13.6 Å². The molecule has 0 radical (unpaired) electrons. The van der Waals surface area contributed by atoms with E-state index in [4.69, 9.17) is 5.73 Å². The molecule has 0 fully saturated rings. The monoisotopic (exact) mass is 350 g/mol. The molecule has 1 aromatic carbocycles. The van der Waals surface area contributed by atoms with Crippen molar-refractivity contribution in [2.45, 2.75) is 18.9 Å². The van der Waals surface area contributed by atoms with Crippen LogP contribution >= 0.6 is 24.2 Å². The predicted octanol–water partition coefficient (Wildman–Crippen LogP) is 2.94. The molecule has 2 aromatic rings. The first kappa shape index (κ1) is 18.7. The maximum Gasteiger partial charge on any atom is 0.295 e. The fraction of sp³-hybridized carbons (Fsp3) is 0.385. The zero-order valence-electron chi connectivity index (χ0n) is 11.8. The first-order valence-electron chi connectivity index (χ1n) is 6.34. The van der Waals surface area contributed by atoms with E-state index in [2.05, 4.69) is 15.3 Å². The van der Waals surface area contributed by atoms with Gasteiger partial charge in [-0.05, 0) is 36.6 Å². The Morgan fingerprint density at radius 3 is 2.86 bits per heavy atom. The van der Waals surface area contributed by atoms with Gasteiger partial charge in [0.25, 0.3) is 6.43 Å². The van der Waals surface area contributed by atoms with Gasteiger partial charge < -0.3 is 16.0 Å². The minimum atomic E-state index is -2.66. The number of fused-ring (bicyclic) bond motifs is 1. The van der Waals surface area contributed by atoms with Crippen molar-refractivity contribution in [2.24, 2.45) is 5.73 Å². The van der Waals surface area contributed by atoms with Crippen LogP contribution in [0.3, 0.4) is 0 Å². The molecular formula is C13H17ClF2N4OS. The molecule has 0 saturated heterocycles. The van der Waals surface area contributed by atoms with E-state index >= 15 is 0 Å². The van der Waals surface area contributed by atoms with E-state index in [1.807, 2.05) is 6.26 Å². The number of nitrogens with two attached hydrogens (primary N) is 1. The fourth-order valence-electron chi connectivity index (χ4n) is 1.82. The molecule has 2 rings (SSSR count). The maximum atomic E-state index is 12.6. The molecule has 0 spiro atoms. The lowest BCUT2D eigenvalue weighted by Gasteiger charge is -2.11. The summed E-state index contributed by atoms with van der Waals surface area (Å²) in [6.07, 6.45) is -0.137. The summed E-state index contributed by atoms with van der Waals surface area (Å²) in [5, 5.41) is 2.67. The number of aromatic amines is 1. The number of aromatic nitrogens is 2. The van der Waals surface area contributed by atoms with Crippen molar-refractivity contribution in [3.8, 4) is 0 Å². The third-order valence-corrected chi connectivity index (χ3v) is 3.59. The van der Waals surface area contributed by atoms with Gasteiger partial charge in [0.05, 0.1) is 17.1 Å². The number of amides is 1. The number of halogens is 3. The van der Waals surface area contributed by atoms with E-state index in [1.54, 1.807) is 30.0 Å². The molecule has 1 unspecified atom stereocenters. The lowest BCUT2D eigenvalue weighted by atomic mass is 10.2. The van der Waals surface area contributed by atoms with Crippen LogP contribution in [0.25, 0.3) is 11.0 Å². The van der Waals surface area contributed by atoms with Crippen LogP contribution in [0.5, 0.6) is 0 Å². The van der Waals surface area contributed by atoms with E-state index in [0.29, 0.717) is 23.1 Å². The molecule has 1 amide bonds. The number of benzene rings is 1. The zero-order valence-corrected chi connectivity index (χ0v) is 13.4. The highest BCUT2D eigenvalue weighted by atomic mass is 35.5. The SMILES string of the molecule is CSCCC(N)C(=O)Nc1ccc2nc(C(F)F)[nH]c2c1.Cl. The molecule has 0 aliphatic heterocycles. The summed E-state index contributed by atoms with van der Waals surface area (Å²) in [4.78, 5) is 18.2. The molecule has 0 saturated carbocycles. The lowest BCUT2D eigenvalue weighted by Crippen LogP contribution is -2.36. The second kappa shape index (κ2) is 8.30. The van der Waals surface area contributed by atoms with Gasteiger partial charge in [-0.25, -0.2) is 13.8 Å². The largest absolute Gasteiger partial charge is 0.337 e. The molecule has 1 atom stereocenters. The second-order valence-electron chi connectivity index (χ2n) is 4.53. The molecule has 1 aromatic heterocycles. The first-order chi connectivity index (χ1) is 10.0. The number of imidazole rings is 1. The van der Waals surface area contributed by atoms with Crippen molar-refractivity contribution in [1.82, 2.24) is 9.97 Å². The van der Waals surface area contributed by atoms with Crippen molar-refractivity contribution >= 4 is 46.8 Å². The first-order valence-corrected chi connectivity index (χ1v) is 7.74. The van der Waals surface area contributed by atoms with Crippen LogP contribution in [-0.2, 0) is 4.79 Å². The molecule has 1 heterocycles. The van der Waals surface area contributed by atoms with E-state index < -0.39 is 12.5 Å². The van der Waals surface area contributed by atoms with Gasteiger partial charge in [0.15, 0.2) is 5.82 Å². The molecule has 0 aliphatic rings. The Kier molecular flexibility index (Phi) is 7.05. The molecule has 4 N–H and O–H groups in total. The van der Waals surface area contributed by atoms with E-state index in [-0.39, 0.29) is 24.1 Å². The number of carbonyl (C=O) groups excluding carboxylic acids is 1. The third kappa shape index (κ3) is 4.56. The van der Waals surface area contributed by atoms with E-state index in [1.165, 1.54) is 0 Å². The van der Waals surface area contributed by atoms with Crippen LogP contribution in [0, 0.1) is 0 Å². The molecule has 5 nitrogen and oxygen atoms in total. The smallest absolute Gasteiger partial charge is 0.295 e. The number of nitrogens with one attached hydrogen (secondary N) is 2. The average molecular weight is 351 g/mol. The molecule has 0 bridgehead atoms. The van der Waals surface area contributed by atoms with Gasteiger partial charge in [-0.2, -0.15) is 11.8 Å². The quantitative estimate of drug-likeness (QED) is 0.748. The normalized spacial score (nSPS) is 12.2. The highest BCUT2D eigenvalue weighted by Crippen LogP contribution is 2.22. The number of anilines is 1. The Labute approximate surface area is 136 Å². The Hall–Kier alpha value is -1.38. The van der Waals surface area contributed by atoms with Gasteiger partial charge in [-0.15, -0.1) is 12.4 Å². The maximum absolute atomic E-state index is 12.6. The van der Waals surface area contributed by atoms with Crippen molar-refractivity contribution in [2.75, 3.05) is 17.3 Å². The molecule has 122 valence electrons. The molecule has 22 heavy (non-hydrogen) atoms. The zero-order chi connectivity index (χ0) is 15.4. The van der Waals surface area contributed by atoms with Crippen molar-refractivity contribution in [3.05, 3.63) is 24.0 Å². The summed E-state index contributed by atoms with van der Waals surface area (Å²) in [7, 11) is 0. The summed E-state index contributed by atoms with van der Waals surface area (Å²) in [5.74, 6) is 0.119. The van der Waals surface area contributed by atoms with Crippen molar-refractivity contribution in [1.29, 1.82) is 0 Å². The Morgan fingerprint density at radius 2 is 2.23 bits per heavy atom. The minimum absolute atomic E-state index is 0. The average Bonchev–Trinajstić information content (AvgIpc) is 2.88.